The summed E-state index contributed by atoms with van der Waals surface area (Å²) in [5, 5.41) is 16.0. The number of anilines is 1. The average Bonchev–Trinajstić information content (AvgIpc) is 2.55. The van der Waals surface area contributed by atoms with Crippen molar-refractivity contribution in [3.05, 3.63) is 16.7 Å². The van der Waals surface area contributed by atoms with Crippen molar-refractivity contribution in [2.45, 2.75) is 12.5 Å². The van der Waals surface area contributed by atoms with Crippen molar-refractivity contribution in [1.29, 1.82) is 0 Å². The molecule has 0 aromatic heterocycles. The fourth-order valence-corrected chi connectivity index (χ4v) is 2.85. The molecular weight excluding hydrogens is 322 g/mol. The first-order chi connectivity index (χ1) is 11.0. The van der Waals surface area contributed by atoms with Crippen LogP contribution in [-0.2, 0) is 0 Å². The minimum Gasteiger partial charge on any atom is -0.492 e. The SMILES string of the molecule is COc1c(C(=O)NC[C@H]2CCNC[C@@H]2O)cc(Cl)c(N)c1OC. The highest BCUT2D eigenvalue weighted by Crippen LogP contribution is 2.41. The van der Waals surface area contributed by atoms with Gasteiger partial charge in [0, 0.05) is 19.0 Å². The van der Waals surface area contributed by atoms with E-state index in [0.29, 0.717) is 13.1 Å². The molecule has 0 aliphatic carbocycles. The molecule has 1 aliphatic heterocycles. The van der Waals surface area contributed by atoms with Gasteiger partial charge in [0.05, 0.1) is 36.6 Å². The number of aliphatic hydroxyl groups is 1. The van der Waals surface area contributed by atoms with Crippen molar-refractivity contribution in [1.82, 2.24) is 10.6 Å². The third kappa shape index (κ3) is 3.80. The van der Waals surface area contributed by atoms with Crippen molar-refractivity contribution in [2.24, 2.45) is 5.92 Å². The number of piperidine rings is 1. The number of halogens is 1. The number of carbonyl (C=O) groups excluding carboxylic acids is 1. The zero-order valence-corrected chi connectivity index (χ0v) is 13.9. The lowest BCUT2D eigenvalue weighted by molar-refractivity contribution is 0.0752. The van der Waals surface area contributed by atoms with E-state index < -0.39 is 6.10 Å². The Morgan fingerprint density at radius 3 is 2.78 bits per heavy atom. The summed E-state index contributed by atoms with van der Waals surface area (Å²) in [5.41, 5.74) is 6.30. The van der Waals surface area contributed by atoms with Crippen LogP contribution in [0.25, 0.3) is 0 Å². The van der Waals surface area contributed by atoms with E-state index in [1.165, 1.54) is 20.3 Å². The van der Waals surface area contributed by atoms with Gasteiger partial charge in [0.2, 0.25) is 0 Å². The highest BCUT2D eigenvalue weighted by Gasteiger charge is 2.25. The van der Waals surface area contributed by atoms with Crippen molar-refractivity contribution in [3.8, 4) is 11.5 Å². The predicted molar refractivity (Wildman–Crippen MR) is 88.3 cm³/mol. The Bertz CT molecular complexity index is 582. The zero-order chi connectivity index (χ0) is 17.0. The van der Waals surface area contributed by atoms with Gasteiger partial charge in [-0.25, -0.2) is 0 Å². The van der Waals surface area contributed by atoms with Crippen LogP contribution in [0.4, 0.5) is 5.69 Å². The number of nitrogens with one attached hydrogen (secondary N) is 2. The molecule has 7 nitrogen and oxygen atoms in total. The summed E-state index contributed by atoms with van der Waals surface area (Å²) >= 11 is 6.05. The Hall–Kier alpha value is -1.70. The smallest absolute Gasteiger partial charge is 0.255 e. The lowest BCUT2D eigenvalue weighted by Crippen LogP contribution is -2.45. The summed E-state index contributed by atoms with van der Waals surface area (Å²) in [7, 11) is 2.86. The number of hydrogen-bond acceptors (Lipinski definition) is 6. The quantitative estimate of drug-likeness (QED) is 0.585. The lowest BCUT2D eigenvalue weighted by atomic mass is 9.95. The molecule has 0 saturated carbocycles. The Kier molecular flexibility index (Phi) is 5.92. The molecule has 128 valence electrons. The van der Waals surface area contributed by atoms with E-state index in [-0.39, 0.29) is 39.6 Å². The first-order valence-electron chi connectivity index (χ1n) is 7.36. The fourth-order valence-electron chi connectivity index (χ4n) is 2.65. The van der Waals surface area contributed by atoms with Gasteiger partial charge in [0.25, 0.3) is 5.91 Å². The molecule has 1 fully saturated rings. The van der Waals surface area contributed by atoms with E-state index in [2.05, 4.69) is 10.6 Å². The highest BCUT2D eigenvalue weighted by molar-refractivity contribution is 6.34. The van der Waals surface area contributed by atoms with Crippen LogP contribution < -0.4 is 25.8 Å². The molecule has 1 aromatic rings. The van der Waals surface area contributed by atoms with E-state index in [0.717, 1.165) is 13.0 Å². The van der Waals surface area contributed by atoms with Crippen LogP contribution in [0.15, 0.2) is 6.07 Å². The van der Waals surface area contributed by atoms with Gasteiger partial charge in [-0.1, -0.05) is 11.6 Å². The molecule has 1 saturated heterocycles. The average molecular weight is 344 g/mol. The third-order valence-corrected chi connectivity index (χ3v) is 4.30. The first kappa shape index (κ1) is 17.7. The summed E-state index contributed by atoms with van der Waals surface area (Å²) in [6.07, 6.45) is 0.320. The molecule has 1 aliphatic rings. The number of benzene rings is 1. The number of amides is 1. The molecule has 1 amide bonds. The van der Waals surface area contributed by atoms with E-state index in [4.69, 9.17) is 26.8 Å². The van der Waals surface area contributed by atoms with E-state index >= 15 is 0 Å². The Morgan fingerprint density at radius 2 is 2.17 bits per heavy atom. The number of nitrogens with two attached hydrogens (primary N) is 1. The zero-order valence-electron chi connectivity index (χ0n) is 13.2. The number of rotatable bonds is 5. The number of nitrogen functional groups attached to an aromatic ring is 1. The Labute approximate surface area is 140 Å². The third-order valence-electron chi connectivity index (χ3n) is 3.99. The standard InChI is InChI=1S/C15H22ClN3O4/c1-22-13-9(5-10(16)12(17)14(13)23-2)15(21)19-6-8-3-4-18-7-11(8)20/h5,8,11,18,20H,3-4,6-7,17H2,1-2H3,(H,19,21)/t8-,11+/m1/s1. The number of β-amino-alcohol motifs (C(OH)–C–C–N with tert-alkyl or cyclic N) is 1. The van der Waals surface area contributed by atoms with Crippen LogP contribution in [0.3, 0.4) is 0 Å². The van der Waals surface area contributed by atoms with Gasteiger partial charge in [0.1, 0.15) is 0 Å². The van der Waals surface area contributed by atoms with Crippen molar-refractivity contribution < 1.29 is 19.4 Å². The molecule has 5 N–H and O–H groups in total. The summed E-state index contributed by atoms with van der Waals surface area (Å²) in [5.74, 6) is 0.120. The predicted octanol–water partition coefficient (Wildman–Crippen LogP) is 0.640. The van der Waals surface area contributed by atoms with Gasteiger partial charge in [-0.05, 0) is 19.0 Å². The van der Waals surface area contributed by atoms with Crippen LogP contribution in [0.5, 0.6) is 11.5 Å². The van der Waals surface area contributed by atoms with Crippen molar-refractivity contribution >= 4 is 23.2 Å². The van der Waals surface area contributed by atoms with Crippen molar-refractivity contribution in [3.63, 3.8) is 0 Å². The molecule has 2 atom stereocenters. The summed E-state index contributed by atoms with van der Waals surface area (Å²) in [4.78, 5) is 12.5. The van der Waals surface area contributed by atoms with Gasteiger partial charge in [0.15, 0.2) is 11.5 Å². The highest BCUT2D eigenvalue weighted by atomic mass is 35.5. The van der Waals surface area contributed by atoms with Gasteiger partial charge in [-0.3, -0.25) is 4.79 Å². The molecule has 0 unspecified atom stereocenters. The maximum Gasteiger partial charge on any atom is 0.255 e. The number of methoxy groups -OCH3 is 2. The van der Waals surface area contributed by atoms with Gasteiger partial charge < -0.3 is 30.9 Å². The second-order valence-corrected chi connectivity index (χ2v) is 5.82. The molecular formula is C15H22ClN3O4. The Morgan fingerprint density at radius 1 is 1.48 bits per heavy atom. The van der Waals surface area contributed by atoms with Crippen molar-refractivity contribution in [2.75, 3.05) is 39.6 Å². The first-order valence-corrected chi connectivity index (χ1v) is 7.74. The minimum absolute atomic E-state index is 0.0114. The molecule has 0 bridgehead atoms. The summed E-state index contributed by atoms with van der Waals surface area (Å²) < 4.78 is 10.4. The van der Waals surface area contributed by atoms with Gasteiger partial charge in [-0.2, -0.15) is 0 Å². The fraction of sp³-hybridized carbons (Fsp3) is 0.533. The van der Waals surface area contributed by atoms with Crippen LogP contribution >= 0.6 is 11.6 Å². The van der Waals surface area contributed by atoms with E-state index in [1.54, 1.807) is 0 Å². The van der Waals surface area contributed by atoms with Crippen LogP contribution in [0, 0.1) is 5.92 Å². The minimum atomic E-state index is -0.476. The lowest BCUT2D eigenvalue weighted by Gasteiger charge is -2.28. The molecule has 1 heterocycles. The molecule has 0 radical (unpaired) electrons. The second-order valence-electron chi connectivity index (χ2n) is 5.42. The molecule has 23 heavy (non-hydrogen) atoms. The summed E-state index contributed by atoms with van der Waals surface area (Å²) in [6.45, 7) is 1.73. The Balaban J connectivity index is 2.17. The number of hydrogen-bond donors (Lipinski definition) is 4. The van der Waals surface area contributed by atoms with Gasteiger partial charge >= 0.3 is 0 Å². The molecule has 0 spiro atoms. The van der Waals surface area contributed by atoms with Crippen LogP contribution in [-0.4, -0.2) is 51.0 Å². The maximum atomic E-state index is 12.5. The van der Waals surface area contributed by atoms with Gasteiger partial charge in [-0.15, -0.1) is 0 Å². The topological polar surface area (TPSA) is 106 Å². The largest absolute Gasteiger partial charge is 0.492 e. The molecule has 2 rings (SSSR count). The van der Waals surface area contributed by atoms with E-state index in [1.807, 2.05) is 0 Å². The number of aliphatic hydroxyl groups excluding tert-OH is 1. The number of ether oxygens (including phenoxy) is 2. The van der Waals surface area contributed by atoms with Crippen LogP contribution in [0.1, 0.15) is 16.8 Å². The second kappa shape index (κ2) is 7.72. The number of carbonyl (C=O) groups is 1. The van der Waals surface area contributed by atoms with E-state index in [9.17, 15) is 9.90 Å². The van der Waals surface area contributed by atoms with Crippen LogP contribution in [0.2, 0.25) is 5.02 Å². The normalized spacial score (nSPS) is 20.9. The molecule has 1 aromatic carbocycles. The molecule has 8 heteroatoms. The maximum absolute atomic E-state index is 12.5. The summed E-state index contributed by atoms with van der Waals surface area (Å²) in [6, 6.07) is 1.45. The monoisotopic (exact) mass is 343 g/mol.